The molecule has 8 heteroatoms. The predicted molar refractivity (Wildman–Crippen MR) is 132 cm³/mol. The maximum atomic E-state index is 14.9. The molecular formula is C27H21FN4O3. The van der Waals surface area contributed by atoms with Gasteiger partial charge < -0.3 is 10.1 Å². The Morgan fingerprint density at radius 1 is 0.971 bits per heavy atom. The minimum Gasteiger partial charge on any atom is -0.454 e. The van der Waals surface area contributed by atoms with Crippen LogP contribution in [0, 0.1) is 19.7 Å². The van der Waals surface area contributed by atoms with Crippen molar-refractivity contribution in [2.75, 3.05) is 5.32 Å². The third kappa shape index (κ3) is 4.41. The SMILES string of the molecule is Cc1cc2nccc(Oc3ccc(C(=O)Nc4cc(=O)n(-c5ccccc5)[nH]4)cc3F)c2cc1C. The van der Waals surface area contributed by atoms with E-state index in [2.05, 4.69) is 15.4 Å². The predicted octanol–water partition coefficient (Wildman–Crippen LogP) is 5.51. The topological polar surface area (TPSA) is 89.0 Å². The Balaban J connectivity index is 1.36. The van der Waals surface area contributed by atoms with E-state index in [-0.39, 0.29) is 22.7 Å². The van der Waals surface area contributed by atoms with Gasteiger partial charge in [-0.15, -0.1) is 0 Å². The Morgan fingerprint density at radius 2 is 1.74 bits per heavy atom. The normalized spacial score (nSPS) is 10.9. The molecule has 7 nitrogen and oxygen atoms in total. The summed E-state index contributed by atoms with van der Waals surface area (Å²) in [6, 6.07) is 19.7. The number of nitrogens with zero attached hydrogens (tertiary/aromatic N) is 2. The molecule has 2 N–H and O–H groups in total. The maximum Gasteiger partial charge on any atom is 0.273 e. The van der Waals surface area contributed by atoms with Crippen LogP contribution >= 0.6 is 0 Å². The number of benzene rings is 3. The molecule has 5 aromatic rings. The number of para-hydroxylation sites is 1. The van der Waals surface area contributed by atoms with Gasteiger partial charge in [-0.25, -0.2) is 9.07 Å². The summed E-state index contributed by atoms with van der Waals surface area (Å²) < 4.78 is 22.0. The van der Waals surface area contributed by atoms with Crippen molar-refractivity contribution in [3.05, 3.63) is 112 Å². The molecule has 0 unspecified atom stereocenters. The number of carbonyl (C=O) groups is 1. The highest BCUT2D eigenvalue weighted by Crippen LogP contribution is 2.32. The van der Waals surface area contributed by atoms with E-state index >= 15 is 0 Å². The molecule has 174 valence electrons. The summed E-state index contributed by atoms with van der Waals surface area (Å²) in [5.41, 5.74) is 3.29. The first-order chi connectivity index (χ1) is 16.9. The lowest BCUT2D eigenvalue weighted by atomic mass is 10.1. The summed E-state index contributed by atoms with van der Waals surface area (Å²) in [6.07, 6.45) is 1.61. The van der Waals surface area contributed by atoms with Crippen molar-refractivity contribution in [3.8, 4) is 17.2 Å². The molecule has 0 aliphatic heterocycles. The average molecular weight is 468 g/mol. The lowest BCUT2D eigenvalue weighted by Gasteiger charge is -2.12. The number of ether oxygens (including phenoxy) is 1. The summed E-state index contributed by atoms with van der Waals surface area (Å²) >= 11 is 0. The van der Waals surface area contributed by atoms with Crippen LogP contribution in [0.2, 0.25) is 0 Å². The number of nitrogens with one attached hydrogen (secondary N) is 2. The number of aromatic amines is 1. The van der Waals surface area contributed by atoms with Gasteiger partial charge in [0.25, 0.3) is 11.5 Å². The first-order valence-corrected chi connectivity index (χ1v) is 10.9. The van der Waals surface area contributed by atoms with E-state index < -0.39 is 11.7 Å². The van der Waals surface area contributed by atoms with Gasteiger partial charge in [-0.05, 0) is 73.5 Å². The van der Waals surface area contributed by atoms with Gasteiger partial charge in [-0.3, -0.25) is 19.7 Å². The van der Waals surface area contributed by atoms with Crippen LogP contribution in [0.5, 0.6) is 11.5 Å². The van der Waals surface area contributed by atoms with E-state index in [1.807, 2.05) is 32.0 Å². The number of H-pyrrole nitrogens is 1. The van der Waals surface area contributed by atoms with Crippen molar-refractivity contribution in [1.29, 1.82) is 0 Å². The zero-order valence-corrected chi connectivity index (χ0v) is 19.0. The third-order valence-electron chi connectivity index (χ3n) is 5.71. The summed E-state index contributed by atoms with van der Waals surface area (Å²) in [7, 11) is 0. The number of carbonyl (C=O) groups excluding carboxylic acids is 1. The van der Waals surface area contributed by atoms with E-state index in [0.717, 1.165) is 28.1 Å². The zero-order valence-electron chi connectivity index (χ0n) is 19.0. The Bertz CT molecular complexity index is 1620. The fraction of sp³-hybridized carbons (Fsp3) is 0.0741. The Kier molecular flexibility index (Phi) is 5.62. The molecule has 0 aliphatic rings. The lowest BCUT2D eigenvalue weighted by Crippen LogP contribution is -2.14. The van der Waals surface area contributed by atoms with Gasteiger partial charge in [-0.1, -0.05) is 18.2 Å². The van der Waals surface area contributed by atoms with E-state index in [0.29, 0.717) is 11.4 Å². The number of anilines is 1. The second-order valence-corrected chi connectivity index (χ2v) is 8.14. The van der Waals surface area contributed by atoms with Gasteiger partial charge in [0.05, 0.1) is 11.2 Å². The first-order valence-electron chi connectivity index (χ1n) is 10.9. The molecule has 0 bridgehead atoms. The van der Waals surface area contributed by atoms with E-state index in [4.69, 9.17) is 4.74 Å². The maximum absolute atomic E-state index is 14.9. The molecule has 2 aromatic heterocycles. The highest BCUT2D eigenvalue weighted by Gasteiger charge is 2.15. The Labute approximate surface area is 199 Å². The first kappa shape index (κ1) is 22.1. The number of aromatic nitrogens is 3. The molecule has 0 fully saturated rings. The molecule has 35 heavy (non-hydrogen) atoms. The molecule has 0 aliphatic carbocycles. The molecule has 0 radical (unpaired) electrons. The van der Waals surface area contributed by atoms with Gasteiger partial charge in [0.1, 0.15) is 11.6 Å². The fourth-order valence-corrected chi connectivity index (χ4v) is 3.74. The van der Waals surface area contributed by atoms with Crippen LogP contribution in [-0.4, -0.2) is 20.7 Å². The monoisotopic (exact) mass is 468 g/mol. The van der Waals surface area contributed by atoms with Crippen molar-refractivity contribution in [2.24, 2.45) is 0 Å². The van der Waals surface area contributed by atoms with Gasteiger partial charge in [0.15, 0.2) is 11.6 Å². The molecule has 0 saturated carbocycles. The number of fused-ring (bicyclic) bond motifs is 1. The van der Waals surface area contributed by atoms with E-state index in [1.165, 1.54) is 22.9 Å². The van der Waals surface area contributed by atoms with Crippen LogP contribution < -0.4 is 15.6 Å². The van der Waals surface area contributed by atoms with Crippen molar-refractivity contribution < 1.29 is 13.9 Å². The van der Waals surface area contributed by atoms with Crippen LogP contribution in [0.4, 0.5) is 10.2 Å². The van der Waals surface area contributed by atoms with Gasteiger partial charge in [0, 0.05) is 23.2 Å². The molecule has 3 aromatic carbocycles. The second-order valence-electron chi connectivity index (χ2n) is 8.14. The smallest absolute Gasteiger partial charge is 0.273 e. The Morgan fingerprint density at radius 3 is 2.51 bits per heavy atom. The number of halogens is 1. The number of pyridine rings is 1. The molecular weight excluding hydrogens is 447 g/mol. The largest absolute Gasteiger partial charge is 0.454 e. The number of hydrogen-bond donors (Lipinski definition) is 2. The summed E-state index contributed by atoms with van der Waals surface area (Å²) in [5, 5.41) is 6.19. The van der Waals surface area contributed by atoms with Crippen LogP contribution in [-0.2, 0) is 0 Å². The molecule has 0 spiro atoms. The standard InChI is InChI=1S/C27H21FN4O3/c1-16-12-20-22(13-17(16)2)29-11-10-23(20)35-24-9-8-18(14-21(24)28)27(34)30-25-15-26(33)32(31-25)19-6-4-3-5-7-19/h3-15,31H,1-2H3,(H,30,34). The van der Waals surface area contributed by atoms with Crippen molar-refractivity contribution >= 4 is 22.6 Å². The number of aryl methyl sites for hydroxylation is 2. The fourth-order valence-electron chi connectivity index (χ4n) is 3.74. The number of amides is 1. The minimum absolute atomic E-state index is 0.0177. The van der Waals surface area contributed by atoms with Crippen LogP contribution in [0.25, 0.3) is 16.6 Å². The highest BCUT2D eigenvalue weighted by atomic mass is 19.1. The quantitative estimate of drug-likeness (QED) is 0.356. The second kappa shape index (κ2) is 8.90. The molecule has 0 atom stereocenters. The molecule has 1 amide bonds. The van der Waals surface area contributed by atoms with Crippen molar-refractivity contribution in [2.45, 2.75) is 13.8 Å². The summed E-state index contributed by atoms with van der Waals surface area (Å²) in [5.74, 6) is -0.623. The summed E-state index contributed by atoms with van der Waals surface area (Å²) in [4.78, 5) is 29.3. The Hall–Kier alpha value is -4.72. The van der Waals surface area contributed by atoms with Gasteiger partial charge >= 0.3 is 0 Å². The lowest BCUT2D eigenvalue weighted by molar-refractivity contribution is 0.102. The third-order valence-corrected chi connectivity index (χ3v) is 5.71. The van der Waals surface area contributed by atoms with E-state index in [9.17, 15) is 14.0 Å². The molecule has 5 rings (SSSR count). The summed E-state index contributed by atoms with van der Waals surface area (Å²) in [6.45, 7) is 3.99. The van der Waals surface area contributed by atoms with Crippen molar-refractivity contribution in [3.63, 3.8) is 0 Å². The number of rotatable bonds is 5. The van der Waals surface area contributed by atoms with Crippen molar-refractivity contribution in [1.82, 2.24) is 14.8 Å². The van der Waals surface area contributed by atoms with Crippen LogP contribution in [0.15, 0.2) is 83.8 Å². The molecule has 0 saturated heterocycles. The molecule has 2 heterocycles. The average Bonchev–Trinajstić information content (AvgIpc) is 3.21. The van der Waals surface area contributed by atoms with Crippen LogP contribution in [0.1, 0.15) is 21.5 Å². The van der Waals surface area contributed by atoms with Gasteiger partial charge in [0.2, 0.25) is 0 Å². The number of hydrogen-bond acceptors (Lipinski definition) is 4. The highest BCUT2D eigenvalue weighted by molar-refractivity contribution is 6.03. The minimum atomic E-state index is -0.693. The van der Waals surface area contributed by atoms with E-state index in [1.54, 1.807) is 36.5 Å². The van der Waals surface area contributed by atoms with Crippen LogP contribution in [0.3, 0.4) is 0 Å². The van der Waals surface area contributed by atoms with Gasteiger partial charge in [-0.2, -0.15) is 0 Å². The zero-order chi connectivity index (χ0) is 24.5.